The minimum Gasteiger partial charge on any atom is -0.304 e. The van der Waals surface area contributed by atoms with Gasteiger partial charge in [0.25, 0.3) is 0 Å². The zero-order valence-corrected chi connectivity index (χ0v) is 14.1. The smallest absolute Gasteiger partial charge is 0.0930 e. The van der Waals surface area contributed by atoms with E-state index < -0.39 is 0 Å². The van der Waals surface area contributed by atoms with Gasteiger partial charge in [0.15, 0.2) is 0 Å². The van der Waals surface area contributed by atoms with Crippen LogP contribution in [-0.2, 0) is 20.0 Å². The molecule has 0 bridgehead atoms. The van der Waals surface area contributed by atoms with Crippen molar-refractivity contribution in [2.75, 3.05) is 6.54 Å². The summed E-state index contributed by atoms with van der Waals surface area (Å²) in [7, 11) is 1.97. The Balaban J connectivity index is 2.51. The van der Waals surface area contributed by atoms with Crippen molar-refractivity contribution in [3.05, 3.63) is 33.8 Å². The fourth-order valence-corrected chi connectivity index (χ4v) is 3.01. The second-order valence-electron chi connectivity index (χ2n) is 4.72. The standard InChI is InChI=1S/C14H22BrN5/c1-5-10-8-12(20(7-3)18-10)13(16-6-2)14-11(15)9-17-19(14)4/h8-9,13,16H,5-7H2,1-4H3. The highest BCUT2D eigenvalue weighted by Gasteiger charge is 2.23. The maximum atomic E-state index is 4.65. The van der Waals surface area contributed by atoms with E-state index in [1.807, 2.05) is 17.9 Å². The highest BCUT2D eigenvalue weighted by atomic mass is 79.9. The molecule has 2 aromatic rings. The summed E-state index contributed by atoms with van der Waals surface area (Å²) in [6.07, 6.45) is 2.79. The second kappa shape index (κ2) is 6.54. The molecule has 0 amide bonds. The summed E-state index contributed by atoms with van der Waals surface area (Å²) in [5.74, 6) is 0. The predicted molar refractivity (Wildman–Crippen MR) is 83.7 cm³/mol. The summed E-state index contributed by atoms with van der Waals surface area (Å²) < 4.78 is 5.01. The fraction of sp³-hybridized carbons (Fsp3) is 0.571. The van der Waals surface area contributed by atoms with Crippen molar-refractivity contribution in [3.63, 3.8) is 0 Å². The molecular weight excluding hydrogens is 318 g/mol. The first-order chi connectivity index (χ1) is 9.62. The third kappa shape index (κ3) is 2.81. The number of hydrogen-bond acceptors (Lipinski definition) is 3. The van der Waals surface area contributed by atoms with Crippen molar-refractivity contribution in [2.45, 2.75) is 39.8 Å². The van der Waals surface area contributed by atoms with E-state index >= 15 is 0 Å². The number of nitrogens with one attached hydrogen (secondary N) is 1. The molecule has 1 atom stereocenters. The molecule has 0 aliphatic carbocycles. The van der Waals surface area contributed by atoms with Gasteiger partial charge in [-0.2, -0.15) is 10.2 Å². The van der Waals surface area contributed by atoms with Crippen LogP contribution in [0.4, 0.5) is 0 Å². The van der Waals surface area contributed by atoms with Crippen LogP contribution >= 0.6 is 15.9 Å². The minimum absolute atomic E-state index is 0.0922. The molecule has 6 heteroatoms. The van der Waals surface area contributed by atoms with Gasteiger partial charge in [0.1, 0.15) is 0 Å². The maximum absolute atomic E-state index is 4.65. The largest absolute Gasteiger partial charge is 0.304 e. The topological polar surface area (TPSA) is 47.7 Å². The Kier molecular flexibility index (Phi) is 4.99. The molecule has 5 nitrogen and oxygen atoms in total. The minimum atomic E-state index is 0.0922. The zero-order chi connectivity index (χ0) is 14.7. The Bertz CT molecular complexity index is 553. The Morgan fingerprint density at radius 2 is 2.10 bits per heavy atom. The van der Waals surface area contributed by atoms with Crippen LogP contribution in [0.15, 0.2) is 16.7 Å². The van der Waals surface area contributed by atoms with E-state index in [4.69, 9.17) is 0 Å². The van der Waals surface area contributed by atoms with Gasteiger partial charge < -0.3 is 5.32 Å². The number of aryl methyl sites for hydroxylation is 3. The molecular formula is C14H22BrN5. The lowest BCUT2D eigenvalue weighted by Gasteiger charge is -2.20. The quantitative estimate of drug-likeness (QED) is 0.880. The van der Waals surface area contributed by atoms with Crippen molar-refractivity contribution in [1.29, 1.82) is 0 Å². The van der Waals surface area contributed by atoms with E-state index in [0.717, 1.165) is 35.4 Å². The van der Waals surface area contributed by atoms with Gasteiger partial charge in [0.05, 0.1) is 33.8 Å². The van der Waals surface area contributed by atoms with Gasteiger partial charge in [-0.25, -0.2) is 0 Å². The van der Waals surface area contributed by atoms with Crippen molar-refractivity contribution in [2.24, 2.45) is 7.05 Å². The van der Waals surface area contributed by atoms with Crippen LogP contribution in [0.1, 0.15) is 43.9 Å². The fourth-order valence-electron chi connectivity index (χ4n) is 2.44. The van der Waals surface area contributed by atoms with E-state index in [-0.39, 0.29) is 6.04 Å². The van der Waals surface area contributed by atoms with Gasteiger partial charge in [-0.1, -0.05) is 13.8 Å². The van der Waals surface area contributed by atoms with Crippen molar-refractivity contribution >= 4 is 15.9 Å². The Labute approximate surface area is 128 Å². The summed E-state index contributed by atoms with van der Waals surface area (Å²) in [6.45, 7) is 8.13. The predicted octanol–water partition coefficient (Wildman–Crippen LogP) is 2.66. The first-order valence-electron chi connectivity index (χ1n) is 7.09. The molecule has 1 unspecified atom stereocenters. The molecule has 0 saturated carbocycles. The molecule has 0 spiro atoms. The van der Waals surface area contributed by atoms with E-state index in [0.29, 0.717) is 0 Å². The molecule has 0 aliphatic rings. The van der Waals surface area contributed by atoms with Crippen LogP contribution in [0.3, 0.4) is 0 Å². The van der Waals surface area contributed by atoms with Crippen LogP contribution < -0.4 is 5.32 Å². The normalized spacial score (nSPS) is 12.8. The number of aromatic nitrogens is 4. The van der Waals surface area contributed by atoms with Crippen LogP contribution in [0.5, 0.6) is 0 Å². The summed E-state index contributed by atoms with van der Waals surface area (Å²) in [5, 5.41) is 12.5. The number of rotatable bonds is 6. The Hall–Kier alpha value is -1.14. The van der Waals surface area contributed by atoms with Crippen LogP contribution in [-0.4, -0.2) is 26.1 Å². The van der Waals surface area contributed by atoms with Gasteiger partial charge in [-0.05, 0) is 41.9 Å². The van der Waals surface area contributed by atoms with Gasteiger partial charge in [0.2, 0.25) is 0 Å². The van der Waals surface area contributed by atoms with Gasteiger partial charge >= 0.3 is 0 Å². The van der Waals surface area contributed by atoms with E-state index in [2.05, 4.69) is 63.0 Å². The highest BCUT2D eigenvalue weighted by molar-refractivity contribution is 9.10. The van der Waals surface area contributed by atoms with Gasteiger partial charge in [-0.15, -0.1) is 0 Å². The molecule has 2 aromatic heterocycles. The van der Waals surface area contributed by atoms with Gasteiger partial charge in [-0.3, -0.25) is 9.36 Å². The summed E-state index contributed by atoms with van der Waals surface area (Å²) >= 11 is 3.60. The van der Waals surface area contributed by atoms with Gasteiger partial charge in [0, 0.05) is 13.6 Å². The average molecular weight is 340 g/mol. The number of nitrogens with zero attached hydrogens (tertiary/aromatic N) is 4. The lowest BCUT2D eigenvalue weighted by Crippen LogP contribution is -2.27. The summed E-state index contributed by atoms with van der Waals surface area (Å²) in [4.78, 5) is 0. The van der Waals surface area contributed by atoms with Crippen LogP contribution in [0.2, 0.25) is 0 Å². The first kappa shape index (κ1) is 15.3. The van der Waals surface area contributed by atoms with Crippen LogP contribution in [0.25, 0.3) is 0 Å². The Morgan fingerprint density at radius 1 is 1.35 bits per heavy atom. The Morgan fingerprint density at radius 3 is 2.60 bits per heavy atom. The van der Waals surface area contributed by atoms with E-state index in [9.17, 15) is 0 Å². The molecule has 0 fully saturated rings. The summed E-state index contributed by atoms with van der Waals surface area (Å²) in [6, 6.07) is 2.28. The number of halogens is 1. The van der Waals surface area contributed by atoms with Crippen LogP contribution in [0, 0.1) is 0 Å². The molecule has 20 heavy (non-hydrogen) atoms. The molecule has 0 saturated heterocycles. The molecule has 1 N–H and O–H groups in total. The third-order valence-corrected chi connectivity index (χ3v) is 4.05. The average Bonchev–Trinajstić information content (AvgIpc) is 3.00. The van der Waals surface area contributed by atoms with Crippen molar-refractivity contribution in [1.82, 2.24) is 24.9 Å². The molecule has 2 heterocycles. The summed E-state index contributed by atoms with van der Waals surface area (Å²) in [5.41, 5.74) is 3.45. The second-order valence-corrected chi connectivity index (χ2v) is 5.58. The molecule has 0 radical (unpaired) electrons. The maximum Gasteiger partial charge on any atom is 0.0930 e. The van der Waals surface area contributed by atoms with E-state index in [1.54, 1.807) is 0 Å². The van der Waals surface area contributed by atoms with Crippen molar-refractivity contribution in [3.8, 4) is 0 Å². The molecule has 0 aromatic carbocycles. The molecule has 110 valence electrons. The first-order valence-corrected chi connectivity index (χ1v) is 7.88. The van der Waals surface area contributed by atoms with Crippen molar-refractivity contribution < 1.29 is 0 Å². The monoisotopic (exact) mass is 339 g/mol. The zero-order valence-electron chi connectivity index (χ0n) is 12.5. The lowest BCUT2D eigenvalue weighted by molar-refractivity contribution is 0.512. The lowest BCUT2D eigenvalue weighted by atomic mass is 10.1. The SMILES string of the molecule is CCNC(c1c(Br)cnn1C)c1cc(CC)nn1CC. The molecule has 2 rings (SSSR count). The van der Waals surface area contributed by atoms with E-state index in [1.165, 1.54) is 5.69 Å². The highest BCUT2D eigenvalue weighted by Crippen LogP contribution is 2.28. The molecule has 0 aliphatic heterocycles. The third-order valence-electron chi connectivity index (χ3n) is 3.44. The number of hydrogen-bond donors (Lipinski definition) is 1.